The predicted octanol–water partition coefficient (Wildman–Crippen LogP) is 1.84. The maximum Gasteiger partial charge on any atom is 0.347 e. The summed E-state index contributed by atoms with van der Waals surface area (Å²) in [5.41, 5.74) is 8.73. The van der Waals surface area contributed by atoms with Gasteiger partial charge in [0, 0.05) is 12.0 Å². The van der Waals surface area contributed by atoms with Crippen LogP contribution >= 0.6 is 0 Å². The highest BCUT2D eigenvalue weighted by Gasteiger charge is 2.20. The molecule has 0 fully saturated rings. The minimum absolute atomic E-state index is 0.165. The number of rotatable bonds is 8. The molecular formula is C16H24N4O3. The van der Waals surface area contributed by atoms with Gasteiger partial charge >= 0.3 is 5.69 Å². The van der Waals surface area contributed by atoms with E-state index in [9.17, 15) is 4.79 Å². The highest BCUT2D eigenvalue weighted by atomic mass is 16.6. The number of nitrogens with two attached hydrogens (primary N) is 1. The maximum absolute atomic E-state index is 11.4. The second kappa shape index (κ2) is 7.43. The fourth-order valence-electron chi connectivity index (χ4n) is 2.06. The Labute approximate surface area is 135 Å². The number of fused-ring (bicyclic) bond motifs is 1. The monoisotopic (exact) mass is 320 g/mol. The zero-order chi connectivity index (χ0) is 16.9. The van der Waals surface area contributed by atoms with Crippen LogP contribution < -0.4 is 21.6 Å². The summed E-state index contributed by atoms with van der Waals surface area (Å²) in [5.74, 6) is 0.761. The number of hydrogen-bond acceptors (Lipinski definition) is 6. The first kappa shape index (κ1) is 17.2. The number of nitrogens with one attached hydrogen (secondary N) is 2. The third kappa shape index (κ3) is 4.67. The largest absolute Gasteiger partial charge is 0.492 e. The van der Waals surface area contributed by atoms with Gasteiger partial charge in [0.15, 0.2) is 0 Å². The molecule has 1 aromatic heterocycles. The fourth-order valence-corrected chi connectivity index (χ4v) is 2.06. The summed E-state index contributed by atoms with van der Waals surface area (Å²) in [6.45, 7) is 7.95. The number of benzene rings is 1. The van der Waals surface area contributed by atoms with Gasteiger partial charge in [0.25, 0.3) is 0 Å². The molecule has 0 atom stereocenters. The van der Waals surface area contributed by atoms with Crippen LogP contribution in [0.3, 0.4) is 0 Å². The van der Waals surface area contributed by atoms with E-state index in [1.165, 1.54) is 0 Å². The van der Waals surface area contributed by atoms with Crippen molar-refractivity contribution in [3.05, 3.63) is 28.7 Å². The van der Waals surface area contributed by atoms with E-state index in [-0.39, 0.29) is 11.2 Å². The van der Waals surface area contributed by atoms with Crippen LogP contribution in [0.2, 0.25) is 0 Å². The number of ether oxygens (including phenoxy) is 1. The van der Waals surface area contributed by atoms with E-state index in [0.717, 1.165) is 13.0 Å². The Kier molecular flexibility index (Phi) is 5.57. The van der Waals surface area contributed by atoms with Crippen molar-refractivity contribution in [3.8, 4) is 5.75 Å². The van der Waals surface area contributed by atoms with E-state index in [2.05, 4.69) is 36.2 Å². The molecule has 126 valence electrons. The van der Waals surface area contributed by atoms with Crippen molar-refractivity contribution in [2.75, 3.05) is 25.5 Å². The molecule has 2 rings (SSSR count). The third-order valence-corrected chi connectivity index (χ3v) is 3.28. The van der Waals surface area contributed by atoms with Gasteiger partial charge in [0.05, 0.1) is 24.1 Å². The molecule has 0 aliphatic rings. The Balaban J connectivity index is 2.08. The lowest BCUT2D eigenvalue weighted by molar-refractivity contribution is -0.0231. The van der Waals surface area contributed by atoms with Crippen molar-refractivity contribution in [2.24, 2.45) is 5.41 Å². The van der Waals surface area contributed by atoms with Gasteiger partial charge in [-0.1, -0.05) is 26.8 Å². The molecule has 4 N–H and O–H groups in total. The van der Waals surface area contributed by atoms with Crippen LogP contribution in [0.15, 0.2) is 23.0 Å². The molecule has 0 unspecified atom stereocenters. The number of hydrogen-bond donors (Lipinski definition) is 3. The molecule has 0 radical (unpaired) electrons. The minimum Gasteiger partial charge on any atom is -0.492 e. The van der Waals surface area contributed by atoms with E-state index in [1.807, 2.05) is 6.07 Å². The lowest BCUT2D eigenvalue weighted by Gasteiger charge is -2.24. The number of aromatic amines is 1. The maximum atomic E-state index is 11.4. The summed E-state index contributed by atoms with van der Waals surface area (Å²) >= 11 is 0. The molecular weight excluding hydrogens is 296 g/mol. The Morgan fingerprint density at radius 1 is 1.35 bits per heavy atom. The molecule has 2 aromatic rings. The number of aromatic nitrogens is 2. The molecule has 0 aliphatic heterocycles. The van der Waals surface area contributed by atoms with Crippen LogP contribution in [0.5, 0.6) is 5.75 Å². The molecule has 0 spiro atoms. The lowest BCUT2D eigenvalue weighted by atomic mass is 9.96. The number of nitrogens with zero attached hydrogens (tertiary/aromatic N) is 1. The van der Waals surface area contributed by atoms with Crippen LogP contribution in [0, 0.1) is 5.41 Å². The standard InChI is InChI=1S/C16H24N4O3/c1-4-8-18-23-10-16(2,3)9-22-12-7-5-6-11-13(12)14(17)20-15(21)19-11/h5-7,18H,4,8-10H2,1-3H3,(H3,17,19,20,21). The molecule has 1 aromatic carbocycles. The van der Waals surface area contributed by atoms with Crippen molar-refractivity contribution in [1.82, 2.24) is 15.4 Å². The SMILES string of the molecule is CCCNOCC(C)(C)COc1cccc2[nH]c(=O)nc(N)c12. The van der Waals surface area contributed by atoms with E-state index in [1.54, 1.807) is 12.1 Å². The molecule has 23 heavy (non-hydrogen) atoms. The predicted molar refractivity (Wildman–Crippen MR) is 90.3 cm³/mol. The van der Waals surface area contributed by atoms with Crippen molar-refractivity contribution in [2.45, 2.75) is 27.2 Å². The second-order valence-electron chi connectivity index (χ2n) is 6.24. The Hall–Kier alpha value is -2.12. The quantitative estimate of drug-likeness (QED) is 0.507. The zero-order valence-corrected chi connectivity index (χ0v) is 13.8. The summed E-state index contributed by atoms with van der Waals surface area (Å²) in [6.07, 6.45) is 1.01. The fraction of sp³-hybridized carbons (Fsp3) is 0.500. The van der Waals surface area contributed by atoms with Crippen LogP contribution in [0.1, 0.15) is 27.2 Å². The van der Waals surface area contributed by atoms with Crippen LogP contribution in [0.4, 0.5) is 5.82 Å². The summed E-state index contributed by atoms with van der Waals surface area (Å²) < 4.78 is 5.91. The topological polar surface area (TPSA) is 102 Å². The van der Waals surface area contributed by atoms with Gasteiger partial charge in [-0.3, -0.25) is 0 Å². The molecule has 7 heteroatoms. The van der Waals surface area contributed by atoms with Gasteiger partial charge in [-0.15, -0.1) is 0 Å². The van der Waals surface area contributed by atoms with Crippen molar-refractivity contribution < 1.29 is 9.57 Å². The third-order valence-electron chi connectivity index (χ3n) is 3.28. The van der Waals surface area contributed by atoms with E-state index in [0.29, 0.717) is 29.9 Å². The van der Waals surface area contributed by atoms with Crippen LogP contribution in [-0.4, -0.2) is 29.7 Å². The zero-order valence-electron chi connectivity index (χ0n) is 13.8. The molecule has 7 nitrogen and oxygen atoms in total. The average molecular weight is 320 g/mol. The van der Waals surface area contributed by atoms with Crippen molar-refractivity contribution in [1.29, 1.82) is 0 Å². The summed E-state index contributed by atoms with van der Waals surface area (Å²) in [6, 6.07) is 5.38. The first-order chi connectivity index (χ1) is 10.9. The van der Waals surface area contributed by atoms with Crippen LogP contribution in [0.25, 0.3) is 10.9 Å². The van der Waals surface area contributed by atoms with E-state index < -0.39 is 5.69 Å². The van der Waals surface area contributed by atoms with E-state index >= 15 is 0 Å². The Morgan fingerprint density at radius 2 is 2.13 bits per heavy atom. The smallest absolute Gasteiger partial charge is 0.347 e. The summed E-state index contributed by atoms with van der Waals surface area (Å²) in [5, 5.41) is 0.618. The molecule has 0 amide bonds. The number of nitrogen functional groups attached to an aromatic ring is 1. The molecule has 0 saturated heterocycles. The minimum atomic E-state index is -0.470. The number of H-pyrrole nitrogens is 1. The van der Waals surface area contributed by atoms with Gasteiger partial charge < -0.3 is 20.3 Å². The van der Waals surface area contributed by atoms with E-state index in [4.69, 9.17) is 15.3 Å². The van der Waals surface area contributed by atoms with Gasteiger partial charge in [-0.05, 0) is 18.6 Å². The highest BCUT2D eigenvalue weighted by Crippen LogP contribution is 2.28. The van der Waals surface area contributed by atoms with Crippen molar-refractivity contribution in [3.63, 3.8) is 0 Å². The normalized spacial score (nSPS) is 11.8. The molecule has 1 heterocycles. The van der Waals surface area contributed by atoms with Gasteiger partial charge in [-0.2, -0.15) is 4.98 Å². The summed E-state index contributed by atoms with van der Waals surface area (Å²) in [4.78, 5) is 23.2. The lowest BCUT2D eigenvalue weighted by Crippen LogP contribution is -2.31. The number of hydroxylamine groups is 1. The highest BCUT2D eigenvalue weighted by molar-refractivity contribution is 5.93. The first-order valence-electron chi connectivity index (χ1n) is 7.69. The molecule has 0 saturated carbocycles. The van der Waals surface area contributed by atoms with Gasteiger partial charge in [0.1, 0.15) is 11.6 Å². The molecule has 0 aliphatic carbocycles. The summed E-state index contributed by atoms with van der Waals surface area (Å²) in [7, 11) is 0. The first-order valence-corrected chi connectivity index (χ1v) is 7.69. The molecule has 0 bridgehead atoms. The average Bonchev–Trinajstić information content (AvgIpc) is 2.49. The second-order valence-corrected chi connectivity index (χ2v) is 6.24. The Bertz CT molecular complexity index is 712. The van der Waals surface area contributed by atoms with Crippen LogP contribution in [-0.2, 0) is 4.84 Å². The number of anilines is 1. The van der Waals surface area contributed by atoms with Crippen molar-refractivity contribution >= 4 is 16.7 Å². The van der Waals surface area contributed by atoms with Gasteiger partial charge in [0.2, 0.25) is 0 Å². The van der Waals surface area contributed by atoms with Gasteiger partial charge in [-0.25, -0.2) is 10.3 Å². The Morgan fingerprint density at radius 3 is 2.87 bits per heavy atom.